The second kappa shape index (κ2) is 10.6. The fourth-order valence-electron chi connectivity index (χ4n) is 2.69. The van der Waals surface area contributed by atoms with E-state index in [9.17, 15) is 14.4 Å². The van der Waals surface area contributed by atoms with Gasteiger partial charge in [0.05, 0.1) is 5.56 Å². The number of benzene rings is 1. The van der Waals surface area contributed by atoms with E-state index >= 15 is 4.39 Å². The maximum atomic E-state index is 15.8. The number of aromatic amines is 1. The zero-order chi connectivity index (χ0) is 21.4. The minimum atomic E-state index is -2.60. The van der Waals surface area contributed by atoms with Gasteiger partial charge in [-0.05, 0) is 42.7 Å². The van der Waals surface area contributed by atoms with Gasteiger partial charge in [-0.15, -0.1) is 11.6 Å². The molecule has 0 aliphatic rings. The number of pyridine rings is 1. The second-order valence-electron chi connectivity index (χ2n) is 6.22. The largest absolute Gasteiger partial charge is 0.355 e. The van der Waals surface area contributed by atoms with Gasteiger partial charge in [-0.2, -0.15) is 0 Å². The lowest BCUT2D eigenvalue weighted by molar-refractivity contribution is -0.134. The van der Waals surface area contributed by atoms with E-state index in [1.165, 1.54) is 24.4 Å². The average Bonchev–Trinajstić information content (AvgIpc) is 2.70. The molecule has 1 aromatic carbocycles. The van der Waals surface area contributed by atoms with Gasteiger partial charge in [0, 0.05) is 29.3 Å². The van der Waals surface area contributed by atoms with Crippen LogP contribution in [-0.4, -0.2) is 29.2 Å². The molecule has 1 aromatic heterocycles. The monoisotopic (exact) mass is 461 g/mol. The van der Waals surface area contributed by atoms with Gasteiger partial charge in [0.1, 0.15) is 5.88 Å². The Hall–Kier alpha value is -2.09. The van der Waals surface area contributed by atoms with Gasteiger partial charge >= 0.3 is 0 Å². The molecular formula is C19H19Cl3FN3O3. The number of halogens is 4. The van der Waals surface area contributed by atoms with E-state index in [-0.39, 0.29) is 37.4 Å². The fraction of sp³-hybridized carbons (Fsp3) is 0.316. The number of carbonyl (C=O) groups excluding carboxylic acids is 2. The molecule has 0 saturated heterocycles. The van der Waals surface area contributed by atoms with E-state index in [1.54, 1.807) is 12.1 Å². The number of rotatable bonds is 9. The summed E-state index contributed by atoms with van der Waals surface area (Å²) in [7, 11) is 0. The van der Waals surface area contributed by atoms with Crippen LogP contribution in [0.5, 0.6) is 0 Å². The normalized spacial score (nSPS) is 12.8. The third-order valence-corrected chi connectivity index (χ3v) is 5.03. The lowest BCUT2D eigenvalue weighted by atomic mass is 9.90. The van der Waals surface area contributed by atoms with Crippen molar-refractivity contribution in [2.24, 2.45) is 0 Å². The molecule has 1 atom stereocenters. The van der Waals surface area contributed by atoms with Gasteiger partial charge in [0.25, 0.3) is 11.5 Å². The van der Waals surface area contributed by atoms with E-state index in [1.807, 2.05) is 0 Å². The summed E-state index contributed by atoms with van der Waals surface area (Å²) >= 11 is 17.3. The average molecular weight is 463 g/mol. The van der Waals surface area contributed by atoms with Gasteiger partial charge in [-0.3, -0.25) is 14.4 Å². The molecule has 0 unspecified atom stereocenters. The van der Waals surface area contributed by atoms with Gasteiger partial charge in [-0.25, -0.2) is 4.39 Å². The Morgan fingerprint density at radius 1 is 1.17 bits per heavy atom. The van der Waals surface area contributed by atoms with Gasteiger partial charge < -0.3 is 15.6 Å². The summed E-state index contributed by atoms with van der Waals surface area (Å²) in [6, 6.07) is 7.41. The van der Waals surface area contributed by atoms with Crippen LogP contribution in [0.1, 0.15) is 24.0 Å². The first-order valence-electron chi connectivity index (χ1n) is 8.70. The Labute approximate surface area is 181 Å². The number of nitrogens with one attached hydrogen (secondary N) is 3. The van der Waals surface area contributed by atoms with Crippen molar-refractivity contribution in [2.45, 2.75) is 25.1 Å². The maximum absolute atomic E-state index is 15.8. The predicted molar refractivity (Wildman–Crippen MR) is 111 cm³/mol. The van der Waals surface area contributed by atoms with E-state index in [0.717, 1.165) is 0 Å². The Bertz CT molecular complexity index is 938. The van der Waals surface area contributed by atoms with Gasteiger partial charge in [-0.1, -0.05) is 29.3 Å². The zero-order valence-electron chi connectivity index (χ0n) is 15.2. The first kappa shape index (κ1) is 23.2. The van der Waals surface area contributed by atoms with E-state index < -0.39 is 23.0 Å². The number of aromatic nitrogens is 1. The summed E-state index contributed by atoms with van der Waals surface area (Å²) in [5, 5.41) is 5.73. The fourth-order valence-corrected chi connectivity index (χ4v) is 3.26. The van der Waals surface area contributed by atoms with Crippen LogP contribution in [0, 0.1) is 0 Å². The molecule has 3 N–H and O–H groups in total. The Morgan fingerprint density at radius 3 is 2.59 bits per heavy atom. The van der Waals surface area contributed by atoms with Crippen LogP contribution in [0.25, 0.3) is 0 Å². The van der Waals surface area contributed by atoms with Crippen LogP contribution in [0.3, 0.4) is 0 Å². The molecule has 0 saturated carbocycles. The first-order valence-corrected chi connectivity index (χ1v) is 9.99. The van der Waals surface area contributed by atoms with Crippen molar-refractivity contribution in [3.05, 3.63) is 68.1 Å². The van der Waals surface area contributed by atoms with Crippen LogP contribution >= 0.6 is 34.8 Å². The van der Waals surface area contributed by atoms with Crippen molar-refractivity contribution in [2.75, 3.05) is 12.4 Å². The smallest absolute Gasteiger partial charge is 0.262 e. The number of carbonyl (C=O) groups is 2. The SMILES string of the molecule is O=C(CCl)NCCC[C@@](F)(C(=O)NCc1ccc(Cl)cc1Cl)c1ccc[nH]c1=O. The highest BCUT2D eigenvalue weighted by Gasteiger charge is 2.42. The summed E-state index contributed by atoms with van der Waals surface area (Å²) in [5.74, 6) is -1.61. The van der Waals surface area contributed by atoms with Crippen molar-refractivity contribution < 1.29 is 14.0 Å². The summed E-state index contributed by atoms with van der Waals surface area (Å²) in [4.78, 5) is 38.4. The lowest BCUT2D eigenvalue weighted by Gasteiger charge is -2.24. The zero-order valence-corrected chi connectivity index (χ0v) is 17.5. The van der Waals surface area contributed by atoms with Gasteiger partial charge in [0.2, 0.25) is 11.6 Å². The minimum absolute atomic E-state index is 0.0474. The first-order chi connectivity index (χ1) is 13.8. The third-order valence-electron chi connectivity index (χ3n) is 4.20. The highest BCUT2D eigenvalue weighted by atomic mass is 35.5. The number of hydrogen-bond donors (Lipinski definition) is 3. The lowest BCUT2D eigenvalue weighted by Crippen LogP contribution is -2.44. The van der Waals surface area contributed by atoms with Gasteiger partial charge in [0.15, 0.2) is 0 Å². The van der Waals surface area contributed by atoms with E-state index in [0.29, 0.717) is 15.6 Å². The van der Waals surface area contributed by atoms with Crippen molar-refractivity contribution in [3.63, 3.8) is 0 Å². The number of amides is 2. The summed E-state index contributed by atoms with van der Waals surface area (Å²) in [5.41, 5.74) is -3.08. The highest BCUT2D eigenvalue weighted by molar-refractivity contribution is 6.35. The molecule has 2 amide bonds. The highest BCUT2D eigenvalue weighted by Crippen LogP contribution is 2.30. The van der Waals surface area contributed by atoms with Crippen LogP contribution in [0.2, 0.25) is 10.0 Å². The molecule has 10 heteroatoms. The Balaban J connectivity index is 2.17. The molecule has 1 heterocycles. The van der Waals surface area contributed by atoms with Crippen molar-refractivity contribution in [1.29, 1.82) is 0 Å². The molecule has 0 fully saturated rings. The third kappa shape index (κ3) is 6.19. The van der Waals surface area contributed by atoms with Crippen LogP contribution in [0.15, 0.2) is 41.3 Å². The molecule has 0 spiro atoms. The van der Waals surface area contributed by atoms with Crippen molar-refractivity contribution in [3.8, 4) is 0 Å². The Kier molecular flexibility index (Phi) is 8.49. The van der Waals surface area contributed by atoms with Crippen LogP contribution in [0.4, 0.5) is 4.39 Å². The van der Waals surface area contributed by atoms with Crippen molar-refractivity contribution in [1.82, 2.24) is 15.6 Å². The maximum Gasteiger partial charge on any atom is 0.262 e. The van der Waals surface area contributed by atoms with E-state index in [2.05, 4.69) is 15.6 Å². The molecule has 0 aliphatic carbocycles. The summed E-state index contributed by atoms with van der Waals surface area (Å²) in [6.45, 7) is 0.0620. The molecule has 0 bridgehead atoms. The molecule has 0 aliphatic heterocycles. The number of H-pyrrole nitrogens is 1. The summed E-state index contributed by atoms with van der Waals surface area (Å²) in [6.07, 6.45) is 1.14. The molecule has 0 radical (unpaired) electrons. The number of hydrogen-bond acceptors (Lipinski definition) is 3. The molecule has 2 aromatic rings. The standard InChI is InChI=1S/C19H19Cl3FN3O3/c20-10-16(27)24-8-2-6-19(23,14-3-1-7-25-17(14)28)18(29)26-11-12-4-5-13(21)9-15(12)22/h1,3-5,7,9H,2,6,8,10-11H2,(H,24,27)(H,25,28)(H,26,29)/t19-/m0/s1. The van der Waals surface area contributed by atoms with Crippen LogP contribution < -0.4 is 16.2 Å². The predicted octanol–water partition coefficient (Wildman–Crippen LogP) is 3.30. The minimum Gasteiger partial charge on any atom is -0.355 e. The molecular weight excluding hydrogens is 444 g/mol. The molecule has 2 rings (SSSR count). The van der Waals surface area contributed by atoms with Crippen LogP contribution in [-0.2, 0) is 21.8 Å². The Morgan fingerprint density at radius 2 is 1.93 bits per heavy atom. The van der Waals surface area contributed by atoms with Crippen molar-refractivity contribution >= 4 is 46.6 Å². The molecule has 6 nitrogen and oxygen atoms in total. The quantitative estimate of drug-likeness (QED) is 0.394. The second-order valence-corrected chi connectivity index (χ2v) is 7.33. The number of alkyl halides is 2. The summed E-state index contributed by atoms with van der Waals surface area (Å²) < 4.78 is 15.8. The van der Waals surface area contributed by atoms with E-state index in [4.69, 9.17) is 34.8 Å². The topological polar surface area (TPSA) is 91.1 Å². The molecule has 29 heavy (non-hydrogen) atoms. The molecule has 156 valence electrons.